The molecule has 0 bridgehead atoms. The molecule has 0 saturated heterocycles. The van der Waals surface area contributed by atoms with Crippen LogP contribution in [0.3, 0.4) is 0 Å². The zero-order valence-electron chi connectivity index (χ0n) is 31.1. The van der Waals surface area contributed by atoms with Crippen LogP contribution in [-0.2, 0) is 44.7 Å². The molecular weight excluding hydrogens is 1130 g/mol. The molecule has 4 aromatic carbocycles. The van der Waals surface area contributed by atoms with Gasteiger partial charge in [0.1, 0.15) is 37.3 Å². The van der Waals surface area contributed by atoms with Crippen LogP contribution in [0.1, 0.15) is 10.4 Å². The molecule has 0 fully saturated rings. The summed E-state index contributed by atoms with van der Waals surface area (Å²) in [7, 11) is -19.4. The van der Waals surface area contributed by atoms with Crippen molar-refractivity contribution >= 4 is 105 Å². The predicted octanol–water partition coefficient (Wildman–Crippen LogP) is -10.9. The van der Waals surface area contributed by atoms with E-state index in [0.29, 0.717) is 23.3 Å². The van der Waals surface area contributed by atoms with E-state index in [9.17, 15) is 52.1 Å². The van der Waals surface area contributed by atoms with Crippen LogP contribution in [0.2, 0.25) is 0 Å². The van der Waals surface area contributed by atoms with E-state index in [4.69, 9.17) is 11.5 Å². The smallest absolute Gasteiger partial charge is 0.744 e. The second-order valence-electron chi connectivity index (χ2n) is 10.1. The van der Waals surface area contributed by atoms with Gasteiger partial charge in [0.2, 0.25) is 10.4 Å². The Balaban J connectivity index is 0. The molecule has 0 spiro atoms. The van der Waals surface area contributed by atoms with Gasteiger partial charge in [-0.05, 0) is 60.7 Å². The number of azo groups is 2. The minimum atomic E-state index is -5.27. The maximum absolute atomic E-state index is 12.9. The summed E-state index contributed by atoms with van der Waals surface area (Å²) >= 11 is 2.96. The van der Waals surface area contributed by atoms with Gasteiger partial charge in [0.15, 0.2) is 9.84 Å². The van der Waals surface area contributed by atoms with Crippen LogP contribution < -0.4 is 174 Å². The largest absolute Gasteiger partial charge is 1.00 e. The summed E-state index contributed by atoms with van der Waals surface area (Å²) in [4.78, 5) is 13.1. The number of alkyl halides is 1. The van der Waals surface area contributed by atoms with E-state index in [0.717, 1.165) is 24.3 Å². The van der Waals surface area contributed by atoms with Gasteiger partial charge in [-0.15, -0.1) is 15.3 Å². The van der Waals surface area contributed by atoms with Crippen molar-refractivity contribution in [2.45, 2.75) is 14.7 Å². The Morgan fingerprint density at radius 1 is 0.741 bits per heavy atom. The maximum atomic E-state index is 12.9. The number of sulfone groups is 1. The molecule has 0 unspecified atom stereocenters. The Morgan fingerprint density at radius 2 is 1.29 bits per heavy atom. The van der Waals surface area contributed by atoms with Gasteiger partial charge < -0.3 is 30.4 Å². The Kier molecular flexibility index (Phi) is 28.7. The summed E-state index contributed by atoms with van der Waals surface area (Å²) in [5.74, 6) is -1.50. The van der Waals surface area contributed by atoms with E-state index in [1.165, 1.54) is 48.5 Å². The third-order valence-electron chi connectivity index (χ3n) is 6.41. The first kappa shape index (κ1) is 61.0. The molecule has 0 aromatic heterocycles. The average molecular weight is 1160 g/mol. The van der Waals surface area contributed by atoms with Gasteiger partial charge in [-0.25, -0.2) is 33.7 Å². The van der Waals surface area contributed by atoms with E-state index in [-0.39, 0.29) is 162 Å². The van der Waals surface area contributed by atoms with Crippen LogP contribution in [0, 0.1) is 0 Å². The second-order valence-corrected chi connectivity index (χ2v) is 22.2. The fourth-order valence-electron chi connectivity index (χ4n) is 4.05. The van der Waals surface area contributed by atoms with Crippen LogP contribution in [0.25, 0.3) is 0 Å². The van der Waals surface area contributed by atoms with E-state index in [2.05, 4.69) is 53.5 Å². The first-order chi connectivity index (χ1) is 25.1. The number of anilines is 3. The Hall–Kier alpha value is 0.886. The Bertz CT molecular complexity index is 2560. The molecule has 4 rings (SSSR count). The zero-order chi connectivity index (χ0) is 40.5. The van der Waals surface area contributed by atoms with Crippen molar-refractivity contribution in [1.29, 1.82) is 0 Å². The standard InChI is InChI=1S/C27H25N7O13S4.CH3I2.K.3Na/c28-24-21(33-32-20-6-1-2-7-22(20)49(38,39)40)15-23(50(41,42)43)25(29)26(24)34-31-18-5-3-4-16(14-18)27(35)30-17-8-10-19(11-9-17)48(36,37)13-12-47-51(44,45)46;1-3-2;;;;/h1-11,14-15H,12-13,28-29H2,(H,30,35)(H,38,39,40)(H,41,42,43)(H,44,45,46);1H3;;;;/q;-1;4*+1/p-3. The van der Waals surface area contributed by atoms with Crippen LogP contribution in [0.5, 0.6) is 0 Å². The minimum Gasteiger partial charge on any atom is -0.744 e. The molecule has 0 atom stereocenters. The fourth-order valence-corrected chi connectivity index (χ4v) is 6.76. The van der Waals surface area contributed by atoms with Gasteiger partial charge in [-0.3, -0.25) is 8.98 Å². The number of nitrogen functional groups attached to an aromatic ring is 2. The average Bonchev–Trinajstić information content (AvgIpc) is 3.07. The molecule has 0 saturated carbocycles. The number of nitrogens with two attached hydrogens (primary N) is 2. The Labute approximate surface area is 463 Å². The monoisotopic (exact) mass is 1160 g/mol. The number of carbonyl (C=O) groups is 1. The number of nitrogens with one attached hydrogen (secondary N) is 1. The number of amides is 1. The molecule has 292 valence electrons. The minimum absolute atomic E-state index is 0. The van der Waals surface area contributed by atoms with Crippen molar-refractivity contribution in [2.24, 2.45) is 20.5 Å². The van der Waals surface area contributed by atoms with Gasteiger partial charge >= 0.3 is 181 Å². The van der Waals surface area contributed by atoms with Gasteiger partial charge in [0.05, 0.1) is 44.1 Å². The number of benzene rings is 4. The van der Waals surface area contributed by atoms with E-state index in [1.807, 2.05) is 0 Å². The second kappa shape index (κ2) is 27.3. The fraction of sp³-hybridized carbons (Fsp3) is 0.107. The number of hydrogen-bond acceptors (Lipinski definition) is 19. The molecule has 0 aliphatic heterocycles. The van der Waals surface area contributed by atoms with Crippen molar-refractivity contribution in [3.8, 4) is 0 Å². The van der Waals surface area contributed by atoms with Gasteiger partial charge in [0.25, 0.3) is 5.91 Å². The van der Waals surface area contributed by atoms with Crippen molar-refractivity contribution in [3.05, 3.63) is 84.4 Å². The zero-order valence-corrected chi connectivity index (χ0v) is 47.8. The first-order valence-corrected chi connectivity index (χ1v) is 28.3. The van der Waals surface area contributed by atoms with Crippen LogP contribution in [0.15, 0.2) is 114 Å². The molecule has 0 aliphatic rings. The number of carbonyl (C=O) groups excluding carboxylic acids is 1. The third kappa shape index (κ3) is 19.3. The van der Waals surface area contributed by atoms with Gasteiger partial charge in [-0.1, -0.05) is 18.2 Å². The number of halogens is 2. The molecule has 4 aromatic rings. The molecule has 0 radical (unpaired) electrons. The summed E-state index contributed by atoms with van der Waals surface area (Å²) in [6.45, 7) is -0.887. The molecule has 58 heavy (non-hydrogen) atoms. The van der Waals surface area contributed by atoms with Crippen molar-refractivity contribution < 1.29 is 214 Å². The topological polar surface area (TPSA) is 346 Å². The van der Waals surface area contributed by atoms with E-state index in [1.54, 1.807) is 0 Å². The summed E-state index contributed by atoms with van der Waals surface area (Å²) in [6, 6.07) is 15.5. The van der Waals surface area contributed by atoms with E-state index < -0.39 is 97.0 Å². The summed E-state index contributed by atoms with van der Waals surface area (Å²) in [6.07, 6.45) is 0. The van der Waals surface area contributed by atoms with Crippen molar-refractivity contribution in [2.75, 3.05) is 34.1 Å². The molecule has 30 heteroatoms. The SMILES string of the molecule is C[I-]I.Nc1c(N=Nc2ccccc2S(=O)(=O)[O-])cc(S(=O)(=O)[O-])c(N)c1N=Nc1cccc(C(=O)Nc2ccc(S(=O)(=O)CCOS(=O)(=O)[O-])cc2)c1.[K+].[Na+].[Na+].[Na+]. The summed E-state index contributed by atoms with van der Waals surface area (Å²) in [5.41, 5.74) is 9.50. The van der Waals surface area contributed by atoms with Crippen molar-refractivity contribution in [1.82, 2.24) is 0 Å². The molecule has 0 aliphatic carbocycles. The summed E-state index contributed by atoms with van der Waals surface area (Å²) in [5, 5.41) is 17.7. The molecule has 20 nitrogen and oxygen atoms in total. The normalized spacial score (nSPS) is 11.6. The van der Waals surface area contributed by atoms with Gasteiger partial charge in [0, 0.05) is 11.3 Å². The summed E-state index contributed by atoms with van der Waals surface area (Å²) < 4.78 is 131. The molecular formula is C28H25I2KN7Na3O13S4. The molecule has 0 heterocycles. The molecule has 1 amide bonds. The van der Waals surface area contributed by atoms with Crippen LogP contribution in [0.4, 0.5) is 39.8 Å². The Morgan fingerprint density at radius 3 is 1.84 bits per heavy atom. The van der Waals surface area contributed by atoms with Gasteiger partial charge in [-0.2, -0.15) is 5.11 Å². The van der Waals surface area contributed by atoms with E-state index >= 15 is 0 Å². The van der Waals surface area contributed by atoms with Crippen molar-refractivity contribution in [3.63, 3.8) is 0 Å². The number of rotatable bonds is 13. The van der Waals surface area contributed by atoms with Crippen LogP contribution >= 0.6 is 18.6 Å². The number of hydrogen-bond donors (Lipinski definition) is 3. The number of nitrogens with zero attached hydrogens (tertiary/aromatic N) is 4. The van der Waals surface area contributed by atoms with Crippen LogP contribution in [-0.4, -0.2) is 70.5 Å². The predicted molar refractivity (Wildman–Crippen MR) is 194 cm³/mol. The third-order valence-corrected chi connectivity index (χ3v) is 10.3. The molecule has 5 N–H and O–H groups in total. The first-order valence-electron chi connectivity index (χ1n) is 14.1. The maximum Gasteiger partial charge on any atom is 1.00 e. The quantitative estimate of drug-likeness (QED) is 0.0213.